The molecule has 2 atom stereocenters. The molecule has 2 amide bonds. The SMILES string of the molecule is CC(=O)N[C@@H]1CN(C(=O)CCC(C)C)C[C@H]1c1nc(-c2ccccc2)n[nH]1. The highest BCUT2D eigenvalue weighted by Gasteiger charge is 2.38. The Balaban J connectivity index is 1.76. The lowest BCUT2D eigenvalue weighted by atomic mass is 10.0. The third-order valence-corrected chi connectivity index (χ3v) is 4.88. The van der Waals surface area contributed by atoms with Crippen molar-refractivity contribution in [2.45, 2.75) is 45.6 Å². The molecule has 0 unspecified atom stereocenters. The van der Waals surface area contributed by atoms with E-state index in [1.165, 1.54) is 6.92 Å². The second kappa shape index (κ2) is 8.33. The molecule has 2 heterocycles. The fourth-order valence-electron chi connectivity index (χ4n) is 3.42. The number of H-pyrrole nitrogens is 1. The summed E-state index contributed by atoms with van der Waals surface area (Å²) in [6.45, 7) is 6.75. The first-order valence-corrected chi connectivity index (χ1v) is 9.46. The van der Waals surface area contributed by atoms with Crippen LogP contribution in [0.1, 0.15) is 45.4 Å². The number of nitrogens with one attached hydrogen (secondary N) is 2. The molecule has 1 aliphatic heterocycles. The van der Waals surface area contributed by atoms with Crippen molar-refractivity contribution in [3.63, 3.8) is 0 Å². The molecule has 1 aromatic heterocycles. The molecule has 1 aliphatic rings. The first-order valence-electron chi connectivity index (χ1n) is 9.46. The second-order valence-electron chi connectivity index (χ2n) is 7.56. The summed E-state index contributed by atoms with van der Waals surface area (Å²) in [7, 11) is 0. The molecule has 7 heteroatoms. The van der Waals surface area contributed by atoms with Crippen LogP contribution >= 0.6 is 0 Å². The van der Waals surface area contributed by atoms with Gasteiger partial charge in [-0.15, -0.1) is 0 Å². The average Bonchev–Trinajstić information content (AvgIpc) is 3.27. The number of hydrogen-bond donors (Lipinski definition) is 2. The predicted molar refractivity (Wildman–Crippen MR) is 103 cm³/mol. The van der Waals surface area contributed by atoms with Crippen molar-refractivity contribution in [2.75, 3.05) is 13.1 Å². The Hall–Kier alpha value is -2.70. The van der Waals surface area contributed by atoms with E-state index in [0.29, 0.717) is 37.1 Å². The van der Waals surface area contributed by atoms with Gasteiger partial charge in [0.1, 0.15) is 5.82 Å². The van der Waals surface area contributed by atoms with E-state index in [4.69, 9.17) is 0 Å². The average molecular weight is 369 g/mol. The van der Waals surface area contributed by atoms with Crippen molar-refractivity contribution in [1.82, 2.24) is 25.4 Å². The van der Waals surface area contributed by atoms with Crippen LogP contribution in [-0.4, -0.2) is 51.0 Å². The van der Waals surface area contributed by atoms with Gasteiger partial charge in [-0.25, -0.2) is 4.98 Å². The van der Waals surface area contributed by atoms with Crippen molar-refractivity contribution >= 4 is 11.8 Å². The molecular weight excluding hydrogens is 342 g/mol. The second-order valence-corrected chi connectivity index (χ2v) is 7.56. The Bertz CT molecular complexity index is 787. The minimum Gasteiger partial charge on any atom is -0.351 e. The van der Waals surface area contributed by atoms with Crippen molar-refractivity contribution in [1.29, 1.82) is 0 Å². The monoisotopic (exact) mass is 369 g/mol. The van der Waals surface area contributed by atoms with Crippen molar-refractivity contribution in [3.8, 4) is 11.4 Å². The lowest BCUT2D eigenvalue weighted by molar-refractivity contribution is -0.130. The molecule has 2 aromatic rings. The van der Waals surface area contributed by atoms with Crippen LogP contribution in [0.2, 0.25) is 0 Å². The number of carbonyl (C=O) groups is 2. The molecule has 27 heavy (non-hydrogen) atoms. The standard InChI is InChI=1S/C20H27N5O2/c1-13(2)9-10-18(27)25-11-16(17(12-25)21-14(3)26)20-22-19(23-24-20)15-7-5-4-6-8-15/h4-8,13,16-17H,9-12H2,1-3H3,(H,21,26)(H,22,23,24)/t16-,17-/m1/s1. The lowest BCUT2D eigenvalue weighted by Gasteiger charge is -2.17. The van der Waals surface area contributed by atoms with Gasteiger partial charge < -0.3 is 10.2 Å². The molecule has 2 N–H and O–H groups in total. The molecule has 7 nitrogen and oxygen atoms in total. The maximum Gasteiger partial charge on any atom is 0.222 e. The Morgan fingerprint density at radius 3 is 2.67 bits per heavy atom. The zero-order chi connectivity index (χ0) is 19.4. The summed E-state index contributed by atoms with van der Waals surface area (Å²) in [5, 5.41) is 10.3. The maximum absolute atomic E-state index is 12.6. The number of likely N-dealkylation sites (tertiary alicyclic amines) is 1. The first-order chi connectivity index (χ1) is 12.9. The number of benzene rings is 1. The largest absolute Gasteiger partial charge is 0.351 e. The number of amides is 2. The van der Waals surface area contributed by atoms with E-state index >= 15 is 0 Å². The summed E-state index contributed by atoms with van der Waals surface area (Å²) >= 11 is 0. The minimum absolute atomic E-state index is 0.0955. The van der Waals surface area contributed by atoms with Crippen LogP contribution in [0.5, 0.6) is 0 Å². The van der Waals surface area contributed by atoms with Gasteiger partial charge in [0.15, 0.2) is 5.82 Å². The molecule has 144 valence electrons. The van der Waals surface area contributed by atoms with Crippen molar-refractivity contribution in [2.24, 2.45) is 5.92 Å². The fourth-order valence-corrected chi connectivity index (χ4v) is 3.42. The van der Waals surface area contributed by atoms with E-state index in [0.717, 1.165) is 12.0 Å². The van der Waals surface area contributed by atoms with Gasteiger partial charge in [-0.2, -0.15) is 5.10 Å². The van der Waals surface area contributed by atoms with Crippen LogP contribution in [0.15, 0.2) is 30.3 Å². The van der Waals surface area contributed by atoms with E-state index in [2.05, 4.69) is 34.3 Å². The van der Waals surface area contributed by atoms with Gasteiger partial charge in [0.25, 0.3) is 0 Å². The van der Waals surface area contributed by atoms with Crippen molar-refractivity contribution in [3.05, 3.63) is 36.2 Å². The smallest absolute Gasteiger partial charge is 0.222 e. The van der Waals surface area contributed by atoms with Gasteiger partial charge >= 0.3 is 0 Å². The van der Waals surface area contributed by atoms with Crippen LogP contribution in [-0.2, 0) is 9.59 Å². The third kappa shape index (κ3) is 4.72. The molecule has 3 rings (SSSR count). The fraction of sp³-hybridized carbons (Fsp3) is 0.500. The van der Waals surface area contributed by atoms with Crippen LogP contribution in [0.25, 0.3) is 11.4 Å². The number of carbonyl (C=O) groups excluding carboxylic acids is 2. The molecule has 1 fully saturated rings. The van der Waals surface area contributed by atoms with Gasteiger partial charge in [-0.1, -0.05) is 44.2 Å². The highest BCUT2D eigenvalue weighted by atomic mass is 16.2. The summed E-state index contributed by atoms with van der Waals surface area (Å²) < 4.78 is 0. The Kier molecular flexibility index (Phi) is 5.88. The highest BCUT2D eigenvalue weighted by Crippen LogP contribution is 2.28. The molecule has 1 aromatic carbocycles. The molecule has 0 bridgehead atoms. The summed E-state index contributed by atoms with van der Waals surface area (Å²) in [5.74, 6) is 1.74. The van der Waals surface area contributed by atoms with Crippen molar-refractivity contribution < 1.29 is 9.59 Å². The highest BCUT2D eigenvalue weighted by molar-refractivity contribution is 5.77. The third-order valence-electron chi connectivity index (χ3n) is 4.88. The Labute approximate surface area is 159 Å². The number of nitrogens with zero attached hydrogens (tertiary/aromatic N) is 3. The number of hydrogen-bond acceptors (Lipinski definition) is 4. The molecular formula is C20H27N5O2. The minimum atomic E-state index is -0.165. The number of rotatable bonds is 6. The van der Waals surface area contributed by atoms with E-state index in [1.54, 1.807) is 0 Å². The summed E-state index contributed by atoms with van der Waals surface area (Å²) in [5.41, 5.74) is 0.930. The van der Waals surface area contributed by atoms with Gasteiger partial charge in [0.05, 0.1) is 12.0 Å². The Morgan fingerprint density at radius 2 is 2.00 bits per heavy atom. The summed E-state index contributed by atoms with van der Waals surface area (Å²) in [4.78, 5) is 30.6. The van der Waals surface area contributed by atoms with E-state index < -0.39 is 0 Å². The quantitative estimate of drug-likeness (QED) is 0.818. The Morgan fingerprint density at radius 1 is 1.26 bits per heavy atom. The van der Waals surface area contributed by atoms with E-state index in [9.17, 15) is 9.59 Å². The molecule has 0 aliphatic carbocycles. The van der Waals surface area contributed by atoms with Gasteiger partial charge in [-0.3, -0.25) is 14.7 Å². The topological polar surface area (TPSA) is 91.0 Å². The van der Waals surface area contributed by atoms with E-state index in [-0.39, 0.29) is 23.8 Å². The molecule has 0 saturated carbocycles. The maximum atomic E-state index is 12.6. The van der Waals surface area contributed by atoms with Crippen LogP contribution < -0.4 is 5.32 Å². The first kappa shape index (κ1) is 19.1. The number of aromatic amines is 1. The normalized spacial score (nSPS) is 19.5. The van der Waals surface area contributed by atoms with Gasteiger partial charge in [0.2, 0.25) is 11.8 Å². The zero-order valence-electron chi connectivity index (χ0n) is 16.1. The summed E-state index contributed by atoms with van der Waals surface area (Å²) in [6, 6.07) is 9.57. The van der Waals surface area contributed by atoms with Crippen LogP contribution in [0.4, 0.5) is 0 Å². The molecule has 1 saturated heterocycles. The van der Waals surface area contributed by atoms with E-state index in [1.807, 2.05) is 35.2 Å². The summed E-state index contributed by atoms with van der Waals surface area (Å²) in [6.07, 6.45) is 1.40. The lowest BCUT2D eigenvalue weighted by Crippen LogP contribution is -2.39. The zero-order valence-corrected chi connectivity index (χ0v) is 16.1. The molecule has 0 spiro atoms. The van der Waals surface area contributed by atoms with Crippen LogP contribution in [0, 0.1) is 5.92 Å². The molecule has 0 radical (unpaired) electrons. The van der Waals surface area contributed by atoms with Gasteiger partial charge in [0, 0.05) is 32.0 Å². The van der Waals surface area contributed by atoms with Gasteiger partial charge in [-0.05, 0) is 12.3 Å². The predicted octanol–water partition coefficient (Wildman–Crippen LogP) is 2.34. The van der Waals surface area contributed by atoms with Crippen LogP contribution in [0.3, 0.4) is 0 Å². The number of aromatic nitrogens is 3.